The molecule has 1 aliphatic rings. The summed E-state index contributed by atoms with van der Waals surface area (Å²) in [7, 11) is 0. The van der Waals surface area contributed by atoms with Crippen LogP contribution in [0.4, 0.5) is 13.2 Å². The van der Waals surface area contributed by atoms with Crippen LogP contribution in [0.2, 0.25) is 0 Å². The Labute approximate surface area is 154 Å². The average molecular weight is 425 g/mol. The normalized spacial score (nSPS) is 16.3. The van der Waals surface area contributed by atoms with Crippen molar-refractivity contribution in [2.75, 3.05) is 26.2 Å². The predicted molar refractivity (Wildman–Crippen MR) is 92.4 cm³/mol. The van der Waals surface area contributed by atoms with Gasteiger partial charge in [-0.1, -0.05) is 13.8 Å². The second kappa shape index (κ2) is 8.07. The van der Waals surface area contributed by atoms with E-state index in [1.807, 2.05) is 13.8 Å². The Morgan fingerprint density at radius 2 is 2.00 bits per heavy atom. The number of hydrogen-bond donors (Lipinski definition) is 1. The minimum atomic E-state index is -4.55. The molecule has 0 saturated heterocycles. The number of carbonyl (C=O) groups is 1. The first-order valence-electron chi connectivity index (χ1n) is 8.55. The van der Waals surface area contributed by atoms with E-state index in [4.69, 9.17) is 0 Å². The molecule has 1 aromatic heterocycles. The predicted octanol–water partition coefficient (Wildman–Crippen LogP) is 3.56. The largest absolute Gasteiger partial charge is 0.436 e. The maximum Gasteiger partial charge on any atom is 0.436 e. The highest BCUT2D eigenvalue weighted by atomic mass is 79.9. The lowest BCUT2D eigenvalue weighted by molar-refractivity contribution is -0.142. The minimum absolute atomic E-state index is 0.0314. The third-order valence-corrected chi connectivity index (χ3v) is 5.27. The van der Waals surface area contributed by atoms with Crippen molar-refractivity contribution >= 4 is 21.8 Å². The van der Waals surface area contributed by atoms with E-state index in [1.54, 1.807) is 6.92 Å². The van der Waals surface area contributed by atoms with Crippen LogP contribution in [0.15, 0.2) is 4.47 Å². The van der Waals surface area contributed by atoms with Gasteiger partial charge in [0.1, 0.15) is 6.04 Å². The lowest BCUT2D eigenvalue weighted by atomic mass is 10.2. The molecular weight excluding hydrogens is 401 g/mol. The molecule has 1 amide bonds. The lowest BCUT2D eigenvalue weighted by Crippen LogP contribution is -2.38. The van der Waals surface area contributed by atoms with Crippen LogP contribution in [0.3, 0.4) is 0 Å². The van der Waals surface area contributed by atoms with E-state index in [-0.39, 0.29) is 16.3 Å². The average Bonchev–Trinajstić information content (AvgIpc) is 3.32. The molecule has 2 rings (SSSR count). The first kappa shape index (κ1) is 20.2. The number of amides is 1. The number of carbonyl (C=O) groups excluding carboxylic acids is 1. The summed E-state index contributed by atoms with van der Waals surface area (Å²) in [5, 5.41) is 6.51. The second-order valence-corrected chi connectivity index (χ2v) is 7.05. The van der Waals surface area contributed by atoms with E-state index in [9.17, 15) is 18.0 Å². The SMILES string of the molecule is CCN(CC)CCNC(=O)C(C)n1nc(C(F)(F)F)c(Br)c1C1CC1. The van der Waals surface area contributed by atoms with Crippen LogP contribution in [0.5, 0.6) is 0 Å². The first-order valence-corrected chi connectivity index (χ1v) is 9.35. The molecule has 1 saturated carbocycles. The van der Waals surface area contributed by atoms with Crippen LogP contribution in [0.25, 0.3) is 0 Å². The Morgan fingerprint density at radius 3 is 2.48 bits per heavy atom. The highest BCUT2D eigenvalue weighted by Crippen LogP contribution is 2.47. The molecule has 0 aliphatic heterocycles. The zero-order chi connectivity index (χ0) is 18.8. The monoisotopic (exact) mass is 424 g/mol. The number of nitrogens with one attached hydrogen (secondary N) is 1. The van der Waals surface area contributed by atoms with Gasteiger partial charge in [0.05, 0.1) is 10.2 Å². The number of halogens is 4. The highest BCUT2D eigenvalue weighted by molar-refractivity contribution is 9.10. The quantitative estimate of drug-likeness (QED) is 0.693. The maximum absolute atomic E-state index is 13.1. The molecule has 1 heterocycles. The van der Waals surface area contributed by atoms with Crippen LogP contribution in [-0.2, 0) is 11.0 Å². The summed E-state index contributed by atoms with van der Waals surface area (Å²) in [5.74, 6) is -0.290. The van der Waals surface area contributed by atoms with Crippen molar-refractivity contribution in [3.05, 3.63) is 15.9 Å². The summed E-state index contributed by atoms with van der Waals surface area (Å²) in [6.45, 7) is 8.59. The van der Waals surface area contributed by atoms with Crippen LogP contribution in [0, 0.1) is 0 Å². The number of aromatic nitrogens is 2. The topological polar surface area (TPSA) is 50.2 Å². The fraction of sp³-hybridized carbons (Fsp3) is 0.750. The van der Waals surface area contributed by atoms with E-state index in [0.717, 1.165) is 25.9 Å². The van der Waals surface area contributed by atoms with Crippen LogP contribution in [-0.4, -0.2) is 46.8 Å². The maximum atomic E-state index is 13.1. The van der Waals surface area contributed by atoms with Crippen molar-refractivity contribution in [2.45, 2.75) is 51.7 Å². The minimum Gasteiger partial charge on any atom is -0.353 e. The van der Waals surface area contributed by atoms with Crippen molar-refractivity contribution in [2.24, 2.45) is 0 Å². The Kier molecular flexibility index (Phi) is 6.53. The van der Waals surface area contributed by atoms with E-state index >= 15 is 0 Å². The standard InChI is InChI=1S/C16H24BrF3N4O/c1-4-23(5-2)9-8-21-15(25)10(3)24-13(11-6-7-11)12(17)14(22-24)16(18,19)20/h10-11H,4-9H2,1-3H3,(H,21,25). The van der Waals surface area contributed by atoms with Crippen molar-refractivity contribution in [3.8, 4) is 0 Å². The Hall–Kier alpha value is -1.09. The third kappa shape index (κ3) is 4.75. The van der Waals surface area contributed by atoms with Gasteiger partial charge in [0.2, 0.25) is 5.91 Å². The van der Waals surface area contributed by atoms with Gasteiger partial charge in [0.25, 0.3) is 0 Å². The summed E-state index contributed by atoms with van der Waals surface area (Å²) in [4.78, 5) is 14.5. The fourth-order valence-electron chi connectivity index (χ4n) is 2.76. The van der Waals surface area contributed by atoms with Gasteiger partial charge >= 0.3 is 6.18 Å². The summed E-state index contributed by atoms with van der Waals surface area (Å²) < 4.78 is 40.6. The van der Waals surface area contributed by atoms with Crippen molar-refractivity contribution in [3.63, 3.8) is 0 Å². The van der Waals surface area contributed by atoms with Crippen molar-refractivity contribution < 1.29 is 18.0 Å². The fourth-order valence-corrected chi connectivity index (χ4v) is 3.57. The van der Waals surface area contributed by atoms with E-state index in [0.29, 0.717) is 18.8 Å². The van der Waals surface area contributed by atoms with E-state index in [1.165, 1.54) is 4.68 Å². The van der Waals surface area contributed by atoms with Gasteiger partial charge in [-0.3, -0.25) is 9.48 Å². The molecule has 0 bridgehead atoms. The molecule has 1 N–H and O–H groups in total. The molecule has 1 unspecified atom stereocenters. The summed E-state index contributed by atoms with van der Waals surface area (Å²) in [6.07, 6.45) is -2.91. The molecule has 1 aromatic rings. The molecule has 1 atom stereocenters. The van der Waals surface area contributed by atoms with Gasteiger partial charge in [-0.25, -0.2) is 0 Å². The molecule has 0 radical (unpaired) electrons. The lowest BCUT2D eigenvalue weighted by Gasteiger charge is -2.20. The molecule has 9 heteroatoms. The zero-order valence-electron chi connectivity index (χ0n) is 14.7. The third-order valence-electron chi connectivity index (χ3n) is 4.49. The highest BCUT2D eigenvalue weighted by Gasteiger charge is 2.42. The van der Waals surface area contributed by atoms with Crippen molar-refractivity contribution in [1.82, 2.24) is 20.0 Å². The molecule has 0 spiro atoms. The number of alkyl halides is 3. The molecular formula is C16H24BrF3N4O. The number of likely N-dealkylation sites (N-methyl/N-ethyl adjacent to an activating group) is 1. The number of hydrogen-bond acceptors (Lipinski definition) is 3. The molecule has 0 aromatic carbocycles. The molecule has 1 aliphatic carbocycles. The van der Waals surface area contributed by atoms with Crippen LogP contribution < -0.4 is 5.32 Å². The molecule has 1 fully saturated rings. The van der Waals surface area contributed by atoms with Crippen LogP contribution >= 0.6 is 15.9 Å². The van der Waals surface area contributed by atoms with Crippen molar-refractivity contribution in [1.29, 1.82) is 0 Å². The van der Waals surface area contributed by atoms with Gasteiger partial charge in [-0.2, -0.15) is 18.3 Å². The molecule has 25 heavy (non-hydrogen) atoms. The summed E-state index contributed by atoms with van der Waals surface area (Å²) in [6, 6.07) is -0.792. The Morgan fingerprint density at radius 1 is 1.40 bits per heavy atom. The van der Waals surface area contributed by atoms with E-state index in [2.05, 4.69) is 31.2 Å². The first-order chi connectivity index (χ1) is 11.7. The molecule has 5 nitrogen and oxygen atoms in total. The van der Waals surface area contributed by atoms with Gasteiger partial charge in [0.15, 0.2) is 5.69 Å². The van der Waals surface area contributed by atoms with Gasteiger partial charge < -0.3 is 10.2 Å². The summed E-state index contributed by atoms with van der Waals surface area (Å²) >= 11 is 3.04. The smallest absolute Gasteiger partial charge is 0.353 e. The zero-order valence-corrected chi connectivity index (χ0v) is 16.2. The Bertz CT molecular complexity index is 609. The Balaban J connectivity index is 2.12. The van der Waals surface area contributed by atoms with Crippen LogP contribution in [0.1, 0.15) is 57.0 Å². The van der Waals surface area contributed by atoms with E-state index < -0.39 is 17.9 Å². The number of rotatable bonds is 8. The second-order valence-electron chi connectivity index (χ2n) is 6.26. The van der Waals surface area contributed by atoms with Gasteiger partial charge in [-0.05, 0) is 48.8 Å². The van der Waals surface area contributed by atoms with Gasteiger partial charge in [-0.15, -0.1) is 0 Å². The molecule has 142 valence electrons. The number of nitrogens with zero attached hydrogens (tertiary/aromatic N) is 3. The van der Waals surface area contributed by atoms with Gasteiger partial charge in [0, 0.05) is 19.0 Å². The summed E-state index contributed by atoms with van der Waals surface area (Å²) in [5.41, 5.74) is -0.490.